The highest BCUT2D eigenvalue weighted by molar-refractivity contribution is 7.05. The van der Waals surface area contributed by atoms with E-state index in [0.29, 0.717) is 23.9 Å². The van der Waals surface area contributed by atoms with Gasteiger partial charge in [-0.3, -0.25) is 4.79 Å². The highest BCUT2D eigenvalue weighted by Gasteiger charge is 2.23. The number of carbonyl (C=O) groups is 2. The first-order valence-electron chi connectivity index (χ1n) is 12.5. The van der Waals surface area contributed by atoms with Gasteiger partial charge in [-0.25, -0.2) is 14.8 Å². The van der Waals surface area contributed by atoms with Crippen molar-refractivity contribution < 1.29 is 14.7 Å². The van der Waals surface area contributed by atoms with E-state index >= 15 is 0 Å². The van der Waals surface area contributed by atoms with Gasteiger partial charge in [0.25, 0.3) is 5.91 Å². The number of hydrogen-bond donors (Lipinski definition) is 4. The number of anilines is 1. The number of nitrogens with one attached hydrogen (secondary N) is 3. The van der Waals surface area contributed by atoms with Crippen LogP contribution in [0, 0.1) is 20.8 Å². The lowest BCUT2D eigenvalue weighted by Crippen LogP contribution is -2.42. The minimum atomic E-state index is -1.09. The van der Waals surface area contributed by atoms with Gasteiger partial charge in [0.1, 0.15) is 11.0 Å². The SMILES string of the molecule is Cc1cc(C)c(C(=O)NC(Cc2ccc(-c3nsc(CNc4nc5ccccc5[nH]4)n3)cc2)C(=O)O)c(C)c1. The number of H-pyrrole nitrogens is 1. The van der Waals surface area contributed by atoms with Crippen molar-refractivity contribution in [2.45, 2.75) is 39.8 Å². The minimum absolute atomic E-state index is 0.155. The second-order valence-corrected chi connectivity index (χ2v) is 10.3. The summed E-state index contributed by atoms with van der Waals surface area (Å²) in [6.45, 7) is 6.16. The zero-order valence-corrected chi connectivity index (χ0v) is 22.6. The molecule has 5 rings (SSSR count). The second kappa shape index (κ2) is 11.0. The molecule has 0 aliphatic carbocycles. The van der Waals surface area contributed by atoms with Crippen LogP contribution >= 0.6 is 11.5 Å². The fourth-order valence-electron chi connectivity index (χ4n) is 4.63. The number of carboxylic acid groups (broad SMARTS) is 1. The first-order valence-corrected chi connectivity index (χ1v) is 13.3. The van der Waals surface area contributed by atoms with Gasteiger partial charge in [-0.15, -0.1) is 0 Å². The van der Waals surface area contributed by atoms with Gasteiger partial charge in [-0.1, -0.05) is 54.1 Å². The molecular formula is C29H28N6O3S. The number of para-hydroxylation sites is 2. The van der Waals surface area contributed by atoms with Crippen molar-refractivity contribution >= 4 is 40.4 Å². The van der Waals surface area contributed by atoms with Gasteiger partial charge in [0.15, 0.2) is 5.82 Å². The van der Waals surface area contributed by atoms with Crippen LogP contribution in [0.15, 0.2) is 60.7 Å². The predicted molar refractivity (Wildman–Crippen MR) is 152 cm³/mol. The molecule has 0 aliphatic rings. The zero-order chi connectivity index (χ0) is 27.5. The van der Waals surface area contributed by atoms with Gasteiger partial charge in [0.2, 0.25) is 5.95 Å². The van der Waals surface area contributed by atoms with Crippen molar-refractivity contribution in [3.63, 3.8) is 0 Å². The molecule has 9 nitrogen and oxygen atoms in total. The average molecular weight is 541 g/mol. The number of benzene rings is 3. The summed E-state index contributed by atoms with van der Waals surface area (Å²) in [5, 5.41) is 16.5. The van der Waals surface area contributed by atoms with Gasteiger partial charge in [0.05, 0.1) is 17.6 Å². The molecule has 4 N–H and O–H groups in total. The van der Waals surface area contributed by atoms with Crippen molar-refractivity contribution in [2.75, 3.05) is 5.32 Å². The Morgan fingerprint density at radius 1 is 1.00 bits per heavy atom. The third-order valence-corrected chi connectivity index (χ3v) is 7.13. The zero-order valence-electron chi connectivity index (χ0n) is 21.8. The van der Waals surface area contributed by atoms with Crippen molar-refractivity contribution in [3.8, 4) is 11.4 Å². The van der Waals surface area contributed by atoms with Crippen molar-refractivity contribution in [2.24, 2.45) is 0 Å². The Balaban J connectivity index is 1.22. The molecule has 0 spiro atoms. The van der Waals surface area contributed by atoms with E-state index in [1.54, 1.807) is 0 Å². The summed E-state index contributed by atoms with van der Waals surface area (Å²) in [6.07, 6.45) is 0.155. The van der Waals surface area contributed by atoms with E-state index in [9.17, 15) is 14.7 Å². The number of carboxylic acids is 1. The maximum Gasteiger partial charge on any atom is 0.326 e. The van der Waals surface area contributed by atoms with Crippen LogP contribution in [0.3, 0.4) is 0 Å². The summed E-state index contributed by atoms with van der Waals surface area (Å²) in [5.74, 6) is -0.200. The highest BCUT2D eigenvalue weighted by Crippen LogP contribution is 2.21. The number of aromatic amines is 1. The lowest BCUT2D eigenvalue weighted by Gasteiger charge is -2.17. The molecule has 10 heteroatoms. The summed E-state index contributed by atoms with van der Waals surface area (Å²) in [4.78, 5) is 37.2. The number of rotatable bonds is 9. The third kappa shape index (κ3) is 5.96. The molecule has 0 aliphatic heterocycles. The van der Waals surface area contributed by atoms with E-state index in [1.807, 2.05) is 81.4 Å². The molecule has 1 amide bonds. The average Bonchev–Trinajstić information content (AvgIpc) is 3.54. The quantitative estimate of drug-likeness (QED) is 0.206. The Morgan fingerprint density at radius 3 is 2.41 bits per heavy atom. The summed E-state index contributed by atoms with van der Waals surface area (Å²) in [5.41, 5.74) is 6.68. The van der Waals surface area contributed by atoms with Crippen LogP contribution in [-0.2, 0) is 17.8 Å². The van der Waals surface area contributed by atoms with E-state index in [-0.39, 0.29) is 12.3 Å². The van der Waals surface area contributed by atoms with Crippen LogP contribution in [0.25, 0.3) is 22.4 Å². The van der Waals surface area contributed by atoms with Gasteiger partial charge < -0.3 is 20.7 Å². The Kier molecular flexibility index (Phi) is 7.38. The molecule has 0 fully saturated rings. The molecule has 3 aromatic carbocycles. The van der Waals surface area contributed by atoms with E-state index in [1.165, 1.54) is 11.5 Å². The van der Waals surface area contributed by atoms with Gasteiger partial charge in [0, 0.05) is 17.5 Å². The highest BCUT2D eigenvalue weighted by atomic mass is 32.1. The number of aromatic nitrogens is 4. The van der Waals surface area contributed by atoms with Gasteiger partial charge in [-0.05, 0) is 61.1 Å². The summed E-state index contributed by atoms with van der Waals surface area (Å²) in [7, 11) is 0. The minimum Gasteiger partial charge on any atom is -0.480 e. The third-order valence-electron chi connectivity index (χ3n) is 6.42. The molecule has 39 heavy (non-hydrogen) atoms. The van der Waals surface area contributed by atoms with E-state index < -0.39 is 12.0 Å². The number of aryl methyl sites for hydroxylation is 3. The van der Waals surface area contributed by atoms with Crippen LogP contribution in [0.4, 0.5) is 5.95 Å². The molecular weight excluding hydrogens is 512 g/mol. The normalized spacial score (nSPS) is 11.9. The van der Waals surface area contributed by atoms with Gasteiger partial charge >= 0.3 is 5.97 Å². The first-order chi connectivity index (χ1) is 18.8. The fraction of sp³-hybridized carbons (Fsp3) is 0.207. The molecule has 2 heterocycles. The Bertz CT molecular complexity index is 1600. The molecule has 0 radical (unpaired) electrons. The van der Waals surface area contributed by atoms with Crippen LogP contribution < -0.4 is 10.6 Å². The van der Waals surface area contributed by atoms with E-state index in [2.05, 4.69) is 30.0 Å². The smallest absolute Gasteiger partial charge is 0.326 e. The maximum atomic E-state index is 12.9. The summed E-state index contributed by atoms with van der Waals surface area (Å²) in [6, 6.07) is 18.0. The number of amides is 1. The topological polar surface area (TPSA) is 133 Å². The number of carbonyl (C=O) groups excluding carboxylic acids is 1. The molecule has 2 aromatic heterocycles. The van der Waals surface area contributed by atoms with Crippen LogP contribution in [-0.4, -0.2) is 42.4 Å². The first kappa shape index (κ1) is 26.1. The Labute approximate surface area is 229 Å². The fourth-order valence-corrected chi connectivity index (χ4v) is 5.24. The summed E-state index contributed by atoms with van der Waals surface area (Å²) >= 11 is 1.31. The lowest BCUT2D eigenvalue weighted by molar-refractivity contribution is -0.139. The number of nitrogens with zero attached hydrogens (tertiary/aromatic N) is 3. The van der Waals surface area contributed by atoms with Gasteiger partial charge in [-0.2, -0.15) is 4.37 Å². The molecule has 0 saturated heterocycles. The number of aliphatic carboxylic acids is 1. The molecule has 5 aromatic rings. The molecule has 1 unspecified atom stereocenters. The lowest BCUT2D eigenvalue weighted by atomic mass is 9.98. The molecule has 0 bridgehead atoms. The largest absolute Gasteiger partial charge is 0.480 e. The van der Waals surface area contributed by atoms with Crippen LogP contribution in [0.1, 0.15) is 37.6 Å². The number of hydrogen-bond acceptors (Lipinski definition) is 7. The van der Waals surface area contributed by atoms with Crippen LogP contribution in [0.5, 0.6) is 0 Å². The number of imidazole rings is 1. The van der Waals surface area contributed by atoms with Crippen molar-refractivity contribution in [1.29, 1.82) is 0 Å². The molecule has 198 valence electrons. The van der Waals surface area contributed by atoms with E-state index in [0.717, 1.165) is 43.9 Å². The monoisotopic (exact) mass is 540 g/mol. The second-order valence-electron chi connectivity index (χ2n) is 9.51. The number of fused-ring (bicyclic) bond motifs is 1. The van der Waals surface area contributed by atoms with E-state index in [4.69, 9.17) is 0 Å². The Morgan fingerprint density at radius 2 is 1.72 bits per heavy atom. The maximum absolute atomic E-state index is 12.9. The van der Waals surface area contributed by atoms with Crippen molar-refractivity contribution in [3.05, 3.63) is 93.5 Å². The molecule has 0 saturated carbocycles. The van der Waals surface area contributed by atoms with Crippen molar-refractivity contribution in [1.82, 2.24) is 24.6 Å². The van der Waals surface area contributed by atoms with Crippen LogP contribution in [0.2, 0.25) is 0 Å². The summed E-state index contributed by atoms with van der Waals surface area (Å²) < 4.78 is 4.46. The molecule has 1 atom stereocenters. The Hall–Kier alpha value is -4.57. The standard InChI is InChI=1S/C29H28N6O3S/c1-16-12-17(2)25(18(3)13-16)27(36)31-23(28(37)38)14-19-8-10-20(11-9-19)26-34-24(39-35-26)15-30-29-32-21-6-4-5-7-22(21)33-29/h4-13,23H,14-15H2,1-3H3,(H,31,36)(H,37,38)(H2,30,32,33). The predicted octanol–water partition coefficient (Wildman–Crippen LogP) is 5.04.